The molecule has 5 nitrogen and oxygen atoms in total. The van der Waals surface area contributed by atoms with Crippen LogP contribution in [0.5, 0.6) is 11.5 Å². The summed E-state index contributed by atoms with van der Waals surface area (Å²) in [5, 5.41) is 6.15. The number of rotatable bonds is 6. The van der Waals surface area contributed by atoms with Crippen molar-refractivity contribution in [2.45, 2.75) is 38.1 Å². The van der Waals surface area contributed by atoms with Gasteiger partial charge in [-0.3, -0.25) is 0 Å². The van der Waals surface area contributed by atoms with E-state index in [0.29, 0.717) is 19.4 Å². The summed E-state index contributed by atoms with van der Waals surface area (Å²) in [5.74, 6) is 3.05. The summed E-state index contributed by atoms with van der Waals surface area (Å²) in [6.07, 6.45) is 5.90. The van der Waals surface area contributed by atoms with Gasteiger partial charge in [-0.05, 0) is 61.6 Å². The van der Waals surface area contributed by atoms with E-state index in [4.69, 9.17) is 9.47 Å². The Morgan fingerprint density at radius 3 is 2.59 bits per heavy atom. The highest BCUT2D eigenvalue weighted by molar-refractivity contribution is 5.74. The molecule has 0 radical (unpaired) electrons. The van der Waals surface area contributed by atoms with Crippen molar-refractivity contribution in [1.29, 1.82) is 0 Å². The summed E-state index contributed by atoms with van der Waals surface area (Å²) < 4.78 is 10.7. The van der Waals surface area contributed by atoms with Gasteiger partial charge in [-0.2, -0.15) is 0 Å². The molecule has 3 aliphatic rings. The number of nitrogens with one attached hydrogen (secondary N) is 2. The molecule has 2 saturated carbocycles. The summed E-state index contributed by atoms with van der Waals surface area (Å²) in [6.45, 7) is 0.927. The normalized spacial score (nSPS) is 19.3. The van der Waals surface area contributed by atoms with E-state index in [-0.39, 0.29) is 6.03 Å². The van der Waals surface area contributed by atoms with E-state index in [1.165, 1.54) is 25.7 Å². The Morgan fingerprint density at radius 1 is 1.14 bits per heavy atom. The van der Waals surface area contributed by atoms with Crippen LogP contribution in [0.3, 0.4) is 0 Å². The zero-order valence-electron chi connectivity index (χ0n) is 12.6. The maximum absolute atomic E-state index is 12.0. The topological polar surface area (TPSA) is 59.6 Å². The van der Waals surface area contributed by atoms with Crippen molar-refractivity contribution in [2.75, 3.05) is 13.3 Å². The van der Waals surface area contributed by atoms with Crippen LogP contribution < -0.4 is 20.1 Å². The summed E-state index contributed by atoms with van der Waals surface area (Å²) in [6, 6.07) is 6.31. The lowest BCUT2D eigenvalue weighted by atomic mass is 10.1. The first-order valence-corrected chi connectivity index (χ1v) is 8.22. The van der Waals surface area contributed by atoms with Crippen LogP contribution in [0.4, 0.5) is 4.79 Å². The van der Waals surface area contributed by atoms with Crippen molar-refractivity contribution in [2.24, 2.45) is 11.8 Å². The van der Waals surface area contributed by atoms with Gasteiger partial charge in [-0.25, -0.2) is 4.79 Å². The fourth-order valence-electron chi connectivity index (χ4n) is 3.15. The van der Waals surface area contributed by atoms with Crippen molar-refractivity contribution in [3.63, 3.8) is 0 Å². The zero-order chi connectivity index (χ0) is 14.9. The number of carbonyl (C=O) groups excluding carboxylic acids is 1. The predicted octanol–water partition coefficient (Wildman–Crippen LogP) is 2.45. The van der Waals surface area contributed by atoms with Gasteiger partial charge in [0.1, 0.15) is 0 Å². The predicted molar refractivity (Wildman–Crippen MR) is 82.0 cm³/mol. The van der Waals surface area contributed by atoms with E-state index in [2.05, 4.69) is 10.6 Å². The molecule has 0 bridgehead atoms. The van der Waals surface area contributed by atoms with Crippen molar-refractivity contribution < 1.29 is 14.3 Å². The monoisotopic (exact) mass is 302 g/mol. The molecule has 4 rings (SSSR count). The van der Waals surface area contributed by atoms with E-state index < -0.39 is 0 Å². The number of benzene rings is 1. The lowest BCUT2D eigenvalue weighted by Gasteiger charge is -2.18. The molecule has 0 aromatic heterocycles. The van der Waals surface area contributed by atoms with Crippen LogP contribution in [0.15, 0.2) is 18.2 Å². The molecular weight excluding hydrogens is 280 g/mol. The molecule has 0 atom stereocenters. The van der Waals surface area contributed by atoms with Crippen molar-refractivity contribution in [3.8, 4) is 11.5 Å². The van der Waals surface area contributed by atoms with E-state index >= 15 is 0 Å². The second kappa shape index (κ2) is 5.71. The zero-order valence-corrected chi connectivity index (χ0v) is 12.6. The smallest absolute Gasteiger partial charge is 0.315 e. The second-order valence-electron chi connectivity index (χ2n) is 6.54. The van der Waals surface area contributed by atoms with Crippen LogP contribution >= 0.6 is 0 Å². The van der Waals surface area contributed by atoms with Gasteiger partial charge in [-0.15, -0.1) is 0 Å². The van der Waals surface area contributed by atoms with Crippen molar-refractivity contribution >= 4 is 6.03 Å². The molecule has 118 valence electrons. The van der Waals surface area contributed by atoms with Crippen LogP contribution in [0.1, 0.15) is 31.2 Å². The molecule has 2 amide bonds. The van der Waals surface area contributed by atoms with Crippen LogP contribution in [-0.2, 0) is 6.42 Å². The maximum Gasteiger partial charge on any atom is 0.315 e. The fourth-order valence-corrected chi connectivity index (χ4v) is 3.15. The number of fused-ring (bicyclic) bond motifs is 1. The largest absolute Gasteiger partial charge is 0.454 e. The minimum absolute atomic E-state index is 0.0236. The Balaban J connectivity index is 1.23. The van der Waals surface area contributed by atoms with E-state index in [1.807, 2.05) is 18.2 Å². The first-order valence-electron chi connectivity index (χ1n) is 8.22. The SMILES string of the molecule is O=C(NCCc1ccc2c(c1)OCO2)NC(C1CC1)C1CC1. The quantitative estimate of drug-likeness (QED) is 0.848. The van der Waals surface area contributed by atoms with E-state index in [0.717, 1.165) is 35.3 Å². The van der Waals surface area contributed by atoms with Gasteiger partial charge in [0.05, 0.1) is 0 Å². The Morgan fingerprint density at radius 2 is 1.86 bits per heavy atom. The lowest BCUT2D eigenvalue weighted by molar-refractivity contribution is 0.174. The molecule has 1 aromatic rings. The highest BCUT2D eigenvalue weighted by atomic mass is 16.7. The molecule has 0 saturated heterocycles. The average Bonchev–Trinajstić information content (AvgIpc) is 3.43. The molecule has 2 fully saturated rings. The summed E-state index contributed by atoms with van der Waals surface area (Å²) in [4.78, 5) is 12.0. The highest BCUT2D eigenvalue weighted by Crippen LogP contribution is 2.44. The molecule has 0 spiro atoms. The molecule has 1 heterocycles. The van der Waals surface area contributed by atoms with Gasteiger partial charge in [0.2, 0.25) is 6.79 Å². The Labute approximate surface area is 130 Å². The third kappa shape index (κ3) is 3.13. The minimum Gasteiger partial charge on any atom is -0.454 e. The molecule has 5 heteroatoms. The maximum atomic E-state index is 12.0. The van der Waals surface area contributed by atoms with Crippen LogP contribution in [0.25, 0.3) is 0 Å². The van der Waals surface area contributed by atoms with Crippen LogP contribution in [0, 0.1) is 11.8 Å². The first kappa shape index (κ1) is 13.7. The summed E-state index contributed by atoms with van der Waals surface area (Å²) in [7, 11) is 0. The number of amides is 2. The van der Waals surface area contributed by atoms with Gasteiger partial charge in [0.25, 0.3) is 0 Å². The van der Waals surface area contributed by atoms with Crippen molar-refractivity contribution in [1.82, 2.24) is 10.6 Å². The average molecular weight is 302 g/mol. The van der Waals surface area contributed by atoms with E-state index in [9.17, 15) is 4.79 Å². The lowest BCUT2D eigenvalue weighted by Crippen LogP contribution is -2.44. The van der Waals surface area contributed by atoms with Gasteiger partial charge in [0.15, 0.2) is 11.5 Å². The Bertz CT molecular complexity index is 555. The number of hydrogen-bond donors (Lipinski definition) is 2. The first-order chi connectivity index (χ1) is 10.8. The molecular formula is C17H22N2O3. The molecule has 2 N–H and O–H groups in total. The Hall–Kier alpha value is -1.91. The van der Waals surface area contributed by atoms with Crippen LogP contribution in [-0.4, -0.2) is 25.4 Å². The fraction of sp³-hybridized carbons (Fsp3) is 0.588. The number of carbonyl (C=O) groups is 1. The summed E-state index contributed by atoms with van der Waals surface area (Å²) >= 11 is 0. The van der Waals surface area contributed by atoms with Gasteiger partial charge < -0.3 is 20.1 Å². The van der Waals surface area contributed by atoms with Gasteiger partial charge in [0, 0.05) is 12.6 Å². The van der Waals surface area contributed by atoms with Gasteiger partial charge in [-0.1, -0.05) is 6.07 Å². The van der Waals surface area contributed by atoms with E-state index in [1.54, 1.807) is 0 Å². The molecule has 0 unspecified atom stereocenters. The third-order valence-corrected chi connectivity index (χ3v) is 4.69. The second-order valence-corrected chi connectivity index (χ2v) is 6.54. The standard InChI is InChI=1S/C17H22N2O3/c20-17(19-16(12-2-3-12)13-4-5-13)18-8-7-11-1-6-14-15(9-11)22-10-21-14/h1,6,9,12-13,16H,2-5,7-8,10H2,(H2,18,19,20). The molecule has 1 aliphatic heterocycles. The molecule has 22 heavy (non-hydrogen) atoms. The van der Waals surface area contributed by atoms with Gasteiger partial charge >= 0.3 is 6.03 Å². The molecule has 1 aromatic carbocycles. The number of urea groups is 1. The Kier molecular flexibility index (Phi) is 3.56. The molecule has 2 aliphatic carbocycles. The highest BCUT2D eigenvalue weighted by Gasteiger charge is 2.42. The van der Waals surface area contributed by atoms with Crippen molar-refractivity contribution in [3.05, 3.63) is 23.8 Å². The summed E-state index contributed by atoms with van der Waals surface area (Å²) in [5.41, 5.74) is 1.14. The van der Waals surface area contributed by atoms with Crippen LogP contribution in [0.2, 0.25) is 0 Å². The third-order valence-electron chi connectivity index (χ3n) is 4.69. The number of ether oxygens (including phenoxy) is 2. The number of hydrogen-bond acceptors (Lipinski definition) is 3. The minimum atomic E-state index is -0.0236.